The smallest absolute Gasteiger partial charge is 0.169 e. The molecule has 1 N–H and O–H groups in total. The van der Waals surface area contributed by atoms with E-state index in [2.05, 4.69) is 36.5 Å². The Labute approximate surface area is 110 Å². The molecule has 1 rings (SSSR count). The maximum Gasteiger partial charge on any atom is 0.169 e. The van der Waals surface area contributed by atoms with Gasteiger partial charge in [-0.05, 0) is 31.4 Å². The van der Waals surface area contributed by atoms with Crippen LogP contribution < -0.4 is 5.32 Å². The largest absolute Gasteiger partial charge is 0.352 e. The van der Waals surface area contributed by atoms with E-state index in [1.54, 1.807) is 0 Å². The molecule has 1 aromatic carbocycles. The van der Waals surface area contributed by atoms with Crippen molar-refractivity contribution in [3.8, 4) is 0 Å². The van der Waals surface area contributed by atoms with Gasteiger partial charge in [-0.25, -0.2) is 0 Å². The minimum atomic E-state index is -0.144. The average molecular weight is 251 g/mol. The number of benzene rings is 1. The van der Waals surface area contributed by atoms with E-state index in [1.165, 1.54) is 11.1 Å². The van der Waals surface area contributed by atoms with Crippen molar-refractivity contribution in [2.45, 2.75) is 40.0 Å². The quantitative estimate of drug-likeness (QED) is 0.685. The Bertz CT molecular complexity index is 305. The first-order chi connectivity index (χ1) is 8.80. The summed E-state index contributed by atoms with van der Waals surface area (Å²) >= 11 is 0. The van der Waals surface area contributed by atoms with Gasteiger partial charge >= 0.3 is 0 Å². The van der Waals surface area contributed by atoms with E-state index < -0.39 is 0 Å². The third-order valence-electron chi connectivity index (χ3n) is 2.78. The Morgan fingerprint density at radius 3 is 2.00 bits per heavy atom. The van der Waals surface area contributed by atoms with Gasteiger partial charge in [-0.3, -0.25) is 0 Å². The Hall–Kier alpha value is -0.900. The fourth-order valence-corrected chi connectivity index (χ4v) is 1.76. The van der Waals surface area contributed by atoms with Crippen LogP contribution in [0.5, 0.6) is 0 Å². The van der Waals surface area contributed by atoms with E-state index in [9.17, 15) is 0 Å². The summed E-state index contributed by atoms with van der Waals surface area (Å²) in [6.07, 6.45) is 0.944. The lowest BCUT2D eigenvalue weighted by molar-refractivity contribution is -0.133. The van der Waals surface area contributed by atoms with Crippen molar-refractivity contribution in [2.75, 3.05) is 19.8 Å². The number of hydrogen-bond acceptors (Lipinski definition) is 3. The zero-order valence-corrected chi connectivity index (χ0v) is 11.7. The van der Waals surface area contributed by atoms with Crippen LogP contribution in [0.1, 0.15) is 31.9 Å². The molecule has 0 bridgehead atoms. The summed E-state index contributed by atoms with van der Waals surface area (Å²) in [5.41, 5.74) is 2.67. The maximum absolute atomic E-state index is 5.47. The summed E-state index contributed by atoms with van der Waals surface area (Å²) < 4.78 is 10.9. The zero-order valence-electron chi connectivity index (χ0n) is 11.7. The highest BCUT2D eigenvalue weighted by Crippen LogP contribution is 2.04. The molecule has 0 saturated heterocycles. The van der Waals surface area contributed by atoms with Crippen molar-refractivity contribution in [1.82, 2.24) is 5.32 Å². The molecule has 1 aromatic rings. The van der Waals surface area contributed by atoms with Gasteiger partial charge in [0.05, 0.1) is 0 Å². The summed E-state index contributed by atoms with van der Waals surface area (Å²) in [6, 6.07) is 8.70. The highest BCUT2D eigenvalue weighted by molar-refractivity contribution is 5.22. The second kappa shape index (κ2) is 9.09. The molecule has 0 heterocycles. The van der Waals surface area contributed by atoms with Crippen LogP contribution >= 0.6 is 0 Å². The van der Waals surface area contributed by atoms with Crippen molar-refractivity contribution >= 4 is 0 Å². The summed E-state index contributed by atoms with van der Waals surface area (Å²) in [5, 5.41) is 3.36. The number of rotatable bonds is 9. The summed E-state index contributed by atoms with van der Waals surface area (Å²) in [5.74, 6) is 0. The van der Waals surface area contributed by atoms with E-state index in [4.69, 9.17) is 9.47 Å². The number of ether oxygens (including phenoxy) is 2. The fourth-order valence-electron chi connectivity index (χ4n) is 1.76. The zero-order chi connectivity index (χ0) is 13.2. The third kappa shape index (κ3) is 5.63. The summed E-state index contributed by atoms with van der Waals surface area (Å²) in [7, 11) is 0. The molecule has 0 fully saturated rings. The van der Waals surface area contributed by atoms with E-state index in [0.29, 0.717) is 13.2 Å². The lowest BCUT2D eigenvalue weighted by atomic mass is 10.1. The topological polar surface area (TPSA) is 30.5 Å². The van der Waals surface area contributed by atoms with E-state index in [0.717, 1.165) is 19.5 Å². The van der Waals surface area contributed by atoms with E-state index >= 15 is 0 Å². The maximum atomic E-state index is 5.47. The van der Waals surface area contributed by atoms with Crippen molar-refractivity contribution in [3.63, 3.8) is 0 Å². The molecule has 0 aromatic heterocycles. The Balaban J connectivity index is 2.30. The van der Waals surface area contributed by atoms with Gasteiger partial charge in [0.1, 0.15) is 0 Å². The molecule has 0 unspecified atom stereocenters. The molecule has 0 atom stereocenters. The molecule has 3 heteroatoms. The molecule has 18 heavy (non-hydrogen) atoms. The standard InChI is InChI=1S/C15H25NO2/c1-4-13-7-9-14(10-8-13)11-16-12-15(17-5-2)18-6-3/h7-10,15-16H,4-6,11-12H2,1-3H3. The van der Waals surface area contributed by atoms with Gasteiger partial charge in [0, 0.05) is 26.3 Å². The van der Waals surface area contributed by atoms with Gasteiger partial charge in [-0.2, -0.15) is 0 Å². The van der Waals surface area contributed by atoms with Gasteiger partial charge in [-0.1, -0.05) is 31.2 Å². The lowest BCUT2D eigenvalue weighted by Crippen LogP contribution is -2.31. The Morgan fingerprint density at radius 2 is 1.50 bits per heavy atom. The Morgan fingerprint density at radius 1 is 0.944 bits per heavy atom. The SMILES string of the molecule is CCOC(CNCc1ccc(CC)cc1)OCC. The second-order valence-corrected chi connectivity index (χ2v) is 4.14. The van der Waals surface area contributed by atoms with Gasteiger partial charge < -0.3 is 14.8 Å². The van der Waals surface area contributed by atoms with Gasteiger partial charge in [0.25, 0.3) is 0 Å². The highest BCUT2D eigenvalue weighted by Gasteiger charge is 2.06. The van der Waals surface area contributed by atoms with Crippen LogP contribution in [0.2, 0.25) is 0 Å². The first-order valence-corrected chi connectivity index (χ1v) is 6.81. The summed E-state index contributed by atoms with van der Waals surface area (Å²) in [4.78, 5) is 0. The highest BCUT2D eigenvalue weighted by atomic mass is 16.7. The lowest BCUT2D eigenvalue weighted by Gasteiger charge is -2.17. The van der Waals surface area contributed by atoms with E-state index in [-0.39, 0.29) is 6.29 Å². The summed E-state index contributed by atoms with van der Waals surface area (Å²) in [6.45, 7) is 9.06. The minimum absolute atomic E-state index is 0.144. The van der Waals surface area contributed by atoms with Gasteiger partial charge in [0.15, 0.2) is 6.29 Å². The van der Waals surface area contributed by atoms with Crippen LogP contribution in [0.4, 0.5) is 0 Å². The first-order valence-electron chi connectivity index (χ1n) is 6.81. The average Bonchev–Trinajstić information content (AvgIpc) is 2.40. The molecule has 0 amide bonds. The van der Waals surface area contributed by atoms with Crippen molar-refractivity contribution in [2.24, 2.45) is 0 Å². The monoisotopic (exact) mass is 251 g/mol. The van der Waals surface area contributed by atoms with E-state index in [1.807, 2.05) is 13.8 Å². The number of nitrogens with one attached hydrogen (secondary N) is 1. The molecule has 0 aliphatic carbocycles. The number of hydrogen-bond donors (Lipinski definition) is 1. The van der Waals surface area contributed by atoms with Crippen LogP contribution in [0, 0.1) is 0 Å². The molecule has 0 spiro atoms. The molecular formula is C15H25NO2. The van der Waals surface area contributed by atoms with Crippen molar-refractivity contribution in [3.05, 3.63) is 35.4 Å². The van der Waals surface area contributed by atoms with Gasteiger partial charge in [-0.15, -0.1) is 0 Å². The normalized spacial score (nSPS) is 11.1. The van der Waals surface area contributed by atoms with Crippen LogP contribution in [0.15, 0.2) is 24.3 Å². The predicted octanol–water partition coefficient (Wildman–Crippen LogP) is 2.74. The molecule has 102 valence electrons. The second-order valence-electron chi connectivity index (χ2n) is 4.14. The first kappa shape index (κ1) is 15.2. The van der Waals surface area contributed by atoms with Crippen LogP contribution in [0.25, 0.3) is 0 Å². The van der Waals surface area contributed by atoms with Crippen LogP contribution in [0.3, 0.4) is 0 Å². The molecule has 0 aliphatic rings. The van der Waals surface area contributed by atoms with Crippen LogP contribution in [-0.4, -0.2) is 26.0 Å². The molecule has 0 saturated carbocycles. The van der Waals surface area contributed by atoms with Crippen molar-refractivity contribution in [1.29, 1.82) is 0 Å². The fraction of sp³-hybridized carbons (Fsp3) is 0.600. The predicted molar refractivity (Wildman–Crippen MR) is 74.6 cm³/mol. The molecule has 3 nitrogen and oxygen atoms in total. The molecular weight excluding hydrogens is 226 g/mol. The molecule has 0 radical (unpaired) electrons. The van der Waals surface area contributed by atoms with Crippen LogP contribution in [-0.2, 0) is 22.4 Å². The molecule has 0 aliphatic heterocycles. The van der Waals surface area contributed by atoms with Gasteiger partial charge in [0.2, 0.25) is 0 Å². The minimum Gasteiger partial charge on any atom is -0.352 e. The number of aryl methyl sites for hydroxylation is 1. The third-order valence-corrected chi connectivity index (χ3v) is 2.78. The Kier molecular flexibility index (Phi) is 7.65. The van der Waals surface area contributed by atoms with Crippen molar-refractivity contribution < 1.29 is 9.47 Å².